The first-order valence-corrected chi connectivity index (χ1v) is 11.1. The Labute approximate surface area is 213 Å². The number of carbonyl (C=O) groups is 1. The standard InChI is InChI=1S/C24H31N7O4/c1-14(2)34-21-10-11-25-24(28-21)26-13-19-22(29-30-31(19)4)18-8-9-20(15(3)27-18)35-17-7-5-6-16(12-17)23(32)33/h8-11,14,16-17H,5-7,12-13H2,1-4H3,(H,32,33)(H,25,26,28)/t16-,17-/m0/s1/i1D3,2D3,14D. The van der Waals surface area contributed by atoms with Crippen LogP contribution in [-0.2, 0) is 18.4 Å². The van der Waals surface area contributed by atoms with Crippen LogP contribution in [0.2, 0.25) is 0 Å². The van der Waals surface area contributed by atoms with Gasteiger partial charge >= 0.3 is 5.97 Å². The number of hydrogen-bond acceptors (Lipinski definition) is 9. The molecule has 0 amide bonds. The summed E-state index contributed by atoms with van der Waals surface area (Å²) in [6, 6.07) is 4.66. The van der Waals surface area contributed by atoms with Crippen LogP contribution in [0.1, 0.15) is 60.4 Å². The summed E-state index contributed by atoms with van der Waals surface area (Å²) in [6.45, 7) is -4.68. The van der Waals surface area contributed by atoms with Crippen LogP contribution in [-0.4, -0.2) is 53.2 Å². The van der Waals surface area contributed by atoms with E-state index in [1.165, 1.54) is 10.9 Å². The van der Waals surface area contributed by atoms with Gasteiger partial charge in [0.05, 0.1) is 43.1 Å². The molecule has 0 unspecified atom stereocenters. The number of hydrogen-bond donors (Lipinski definition) is 2. The van der Waals surface area contributed by atoms with Crippen molar-refractivity contribution in [2.45, 2.75) is 65.0 Å². The van der Waals surface area contributed by atoms with Crippen molar-refractivity contribution in [2.24, 2.45) is 13.0 Å². The highest BCUT2D eigenvalue weighted by molar-refractivity contribution is 5.70. The molecule has 11 nitrogen and oxygen atoms in total. The SMILES string of the molecule is [2H]C([2H])([2H])C([2H])(Oc1ccnc(NCc2c(-c3ccc(O[C@H]4CCC[C@H](C(=O)O)C4)c(C)n3)nnn2C)n1)C([2H])([2H])[2H]. The monoisotopic (exact) mass is 488 g/mol. The number of pyridine rings is 1. The second-order valence-corrected chi connectivity index (χ2v) is 8.23. The van der Waals surface area contributed by atoms with E-state index in [4.69, 9.17) is 19.1 Å². The number of carboxylic acid groups (broad SMARTS) is 1. The van der Waals surface area contributed by atoms with E-state index in [2.05, 4.69) is 30.6 Å². The van der Waals surface area contributed by atoms with Gasteiger partial charge in [0.25, 0.3) is 0 Å². The van der Waals surface area contributed by atoms with Crippen LogP contribution in [0.3, 0.4) is 0 Å². The summed E-state index contributed by atoms with van der Waals surface area (Å²) in [5, 5.41) is 20.6. The number of nitrogens with zero attached hydrogens (tertiary/aromatic N) is 6. The Kier molecular flexibility index (Phi) is 5.12. The molecular formula is C24H31N7O4. The molecule has 2 N–H and O–H groups in total. The molecule has 0 radical (unpaired) electrons. The normalized spacial score (nSPS) is 21.8. The number of aliphatic carboxylic acids is 1. The first-order chi connectivity index (χ1) is 19.6. The number of aryl methyl sites for hydroxylation is 2. The summed E-state index contributed by atoms with van der Waals surface area (Å²) in [4.78, 5) is 24.1. The smallest absolute Gasteiger partial charge is 0.306 e. The first kappa shape index (κ1) is 16.8. The second-order valence-electron chi connectivity index (χ2n) is 8.23. The number of carboxylic acids is 1. The third-order valence-corrected chi connectivity index (χ3v) is 5.74. The average Bonchev–Trinajstić information content (AvgIpc) is 3.27. The molecule has 4 rings (SSSR count). The minimum absolute atomic E-state index is 0.0156. The van der Waals surface area contributed by atoms with Crippen molar-refractivity contribution >= 4 is 11.9 Å². The maximum absolute atomic E-state index is 11.4. The molecule has 1 aliphatic rings. The first-order valence-electron chi connectivity index (χ1n) is 14.6. The van der Waals surface area contributed by atoms with E-state index in [1.54, 1.807) is 26.1 Å². The topological polar surface area (TPSA) is 137 Å². The highest BCUT2D eigenvalue weighted by Crippen LogP contribution is 2.30. The van der Waals surface area contributed by atoms with E-state index < -0.39 is 37.6 Å². The Morgan fingerprint density at radius 1 is 1.34 bits per heavy atom. The van der Waals surface area contributed by atoms with Crippen LogP contribution in [0.15, 0.2) is 24.4 Å². The molecule has 35 heavy (non-hydrogen) atoms. The maximum atomic E-state index is 11.4. The van der Waals surface area contributed by atoms with Crippen LogP contribution in [0.25, 0.3) is 11.4 Å². The lowest BCUT2D eigenvalue weighted by Crippen LogP contribution is -2.29. The molecule has 1 saturated carbocycles. The number of rotatable bonds is 9. The number of nitrogens with one attached hydrogen (secondary N) is 1. The van der Waals surface area contributed by atoms with E-state index in [1.807, 2.05) is 0 Å². The van der Waals surface area contributed by atoms with Gasteiger partial charge in [-0.1, -0.05) is 5.21 Å². The van der Waals surface area contributed by atoms with Gasteiger partial charge in [-0.25, -0.2) is 14.6 Å². The summed E-state index contributed by atoms with van der Waals surface area (Å²) < 4.78 is 65.8. The van der Waals surface area contributed by atoms with Crippen LogP contribution < -0.4 is 14.8 Å². The van der Waals surface area contributed by atoms with Crippen molar-refractivity contribution in [3.63, 3.8) is 0 Å². The lowest BCUT2D eigenvalue weighted by atomic mass is 9.87. The van der Waals surface area contributed by atoms with Gasteiger partial charge in [0.15, 0.2) is 0 Å². The van der Waals surface area contributed by atoms with Gasteiger partial charge in [-0.3, -0.25) is 4.79 Å². The second kappa shape index (κ2) is 10.7. The molecule has 3 heterocycles. The van der Waals surface area contributed by atoms with Gasteiger partial charge in [-0.05, 0) is 58.4 Å². The fraction of sp³-hybridized carbons (Fsp3) is 0.500. The van der Waals surface area contributed by atoms with E-state index in [0.717, 1.165) is 18.9 Å². The quantitative estimate of drug-likeness (QED) is 0.461. The molecule has 0 aliphatic heterocycles. The minimum Gasteiger partial charge on any atom is -0.489 e. The molecule has 0 bridgehead atoms. The van der Waals surface area contributed by atoms with Gasteiger partial charge in [0.2, 0.25) is 11.8 Å². The third kappa shape index (κ3) is 6.03. The lowest BCUT2D eigenvalue weighted by molar-refractivity contribution is -0.143. The van der Waals surface area contributed by atoms with Gasteiger partial charge in [0.1, 0.15) is 11.4 Å². The number of anilines is 1. The minimum atomic E-state index is -3.28. The van der Waals surface area contributed by atoms with Gasteiger partial charge in [0, 0.05) is 27.5 Å². The van der Waals surface area contributed by atoms with Gasteiger partial charge in [-0.15, -0.1) is 5.10 Å². The van der Waals surface area contributed by atoms with Crippen molar-refractivity contribution in [3.05, 3.63) is 35.8 Å². The van der Waals surface area contributed by atoms with E-state index in [9.17, 15) is 9.90 Å². The van der Waals surface area contributed by atoms with E-state index in [0.29, 0.717) is 41.4 Å². The van der Waals surface area contributed by atoms with Crippen LogP contribution in [0.5, 0.6) is 11.6 Å². The predicted octanol–water partition coefficient (Wildman–Crippen LogP) is 3.40. The Balaban J connectivity index is 1.48. The number of ether oxygens (including phenoxy) is 2. The molecule has 1 fully saturated rings. The molecular weight excluding hydrogens is 450 g/mol. The Hall–Kier alpha value is -3.76. The summed E-state index contributed by atoms with van der Waals surface area (Å²) in [5.74, 6) is -1.09. The van der Waals surface area contributed by atoms with Gasteiger partial charge in [-0.2, -0.15) is 4.98 Å². The van der Waals surface area contributed by atoms with Crippen molar-refractivity contribution in [1.29, 1.82) is 0 Å². The third-order valence-electron chi connectivity index (χ3n) is 5.74. The van der Waals surface area contributed by atoms with E-state index in [-0.39, 0.29) is 18.6 Å². The van der Waals surface area contributed by atoms with Crippen LogP contribution >= 0.6 is 0 Å². The Bertz CT molecular complexity index is 1420. The zero-order valence-corrected chi connectivity index (χ0v) is 19.4. The highest BCUT2D eigenvalue weighted by Gasteiger charge is 2.28. The fourth-order valence-electron chi connectivity index (χ4n) is 3.99. The molecule has 0 aromatic carbocycles. The lowest BCUT2D eigenvalue weighted by Gasteiger charge is -2.27. The molecule has 11 heteroatoms. The van der Waals surface area contributed by atoms with Crippen molar-refractivity contribution < 1.29 is 29.0 Å². The fourth-order valence-corrected chi connectivity index (χ4v) is 3.99. The van der Waals surface area contributed by atoms with Crippen LogP contribution in [0, 0.1) is 12.8 Å². The largest absolute Gasteiger partial charge is 0.489 e. The molecule has 0 spiro atoms. The molecule has 3 aromatic rings. The molecule has 2 atom stereocenters. The Morgan fingerprint density at radius 3 is 2.97 bits per heavy atom. The van der Waals surface area contributed by atoms with Gasteiger partial charge < -0.3 is 19.9 Å². The average molecular weight is 489 g/mol. The predicted molar refractivity (Wildman–Crippen MR) is 128 cm³/mol. The molecule has 1 aliphatic carbocycles. The summed E-state index contributed by atoms with van der Waals surface area (Å²) in [7, 11) is 1.68. The van der Waals surface area contributed by atoms with Crippen LogP contribution in [0.4, 0.5) is 5.95 Å². The number of aromatic nitrogens is 6. The zero-order chi connectivity index (χ0) is 30.9. The maximum Gasteiger partial charge on any atom is 0.306 e. The molecule has 0 saturated heterocycles. The zero-order valence-electron chi connectivity index (χ0n) is 26.4. The highest BCUT2D eigenvalue weighted by atomic mass is 16.5. The van der Waals surface area contributed by atoms with Crippen molar-refractivity contribution in [2.75, 3.05) is 5.32 Å². The molecule has 186 valence electrons. The summed E-state index contributed by atoms with van der Waals surface area (Å²) >= 11 is 0. The molecule has 3 aromatic heterocycles. The summed E-state index contributed by atoms with van der Waals surface area (Å²) in [6.07, 6.45) is 0.438. The van der Waals surface area contributed by atoms with Crippen molar-refractivity contribution in [3.8, 4) is 23.0 Å². The Morgan fingerprint density at radius 2 is 2.20 bits per heavy atom. The van der Waals surface area contributed by atoms with E-state index >= 15 is 0 Å². The van der Waals surface area contributed by atoms with Crippen molar-refractivity contribution in [1.82, 2.24) is 29.9 Å². The summed E-state index contributed by atoms with van der Waals surface area (Å²) in [5.41, 5.74) is 2.18.